The van der Waals surface area contributed by atoms with E-state index in [0.29, 0.717) is 10.6 Å². The summed E-state index contributed by atoms with van der Waals surface area (Å²) in [6.07, 6.45) is 2.47. The molecular weight excluding hydrogens is 291 g/mol. The molecule has 0 bridgehead atoms. The highest BCUT2D eigenvalue weighted by Gasteiger charge is 2.39. The minimum absolute atomic E-state index is 0.0887. The second-order valence-corrected chi connectivity index (χ2v) is 6.15. The van der Waals surface area contributed by atoms with Crippen LogP contribution in [0.5, 0.6) is 0 Å². The lowest BCUT2D eigenvalue weighted by Gasteiger charge is -2.38. The number of benzene rings is 1. The Morgan fingerprint density at radius 3 is 2.67 bits per heavy atom. The first-order valence-electron chi connectivity index (χ1n) is 7.39. The van der Waals surface area contributed by atoms with Gasteiger partial charge >= 0.3 is 0 Å². The summed E-state index contributed by atoms with van der Waals surface area (Å²) in [5.41, 5.74) is 0.0628. The molecule has 0 unspecified atom stereocenters. The summed E-state index contributed by atoms with van der Waals surface area (Å²) in [7, 11) is 1.73. The van der Waals surface area contributed by atoms with Gasteiger partial charge in [0.1, 0.15) is 5.82 Å². The van der Waals surface area contributed by atoms with Gasteiger partial charge in [-0.15, -0.1) is 0 Å². The number of nitrogens with zero attached hydrogens (tertiary/aromatic N) is 1. The van der Waals surface area contributed by atoms with E-state index in [4.69, 9.17) is 11.6 Å². The van der Waals surface area contributed by atoms with Crippen molar-refractivity contribution in [2.24, 2.45) is 5.41 Å². The van der Waals surface area contributed by atoms with Crippen LogP contribution in [0.3, 0.4) is 0 Å². The van der Waals surface area contributed by atoms with Gasteiger partial charge in [0.2, 0.25) is 5.91 Å². The van der Waals surface area contributed by atoms with Gasteiger partial charge in [0.15, 0.2) is 0 Å². The Balaban J connectivity index is 2.15. The van der Waals surface area contributed by atoms with Crippen molar-refractivity contribution >= 4 is 17.5 Å². The number of halogens is 2. The van der Waals surface area contributed by atoms with E-state index in [1.54, 1.807) is 24.1 Å². The molecule has 0 saturated carbocycles. The van der Waals surface area contributed by atoms with Crippen LogP contribution in [-0.4, -0.2) is 30.9 Å². The Morgan fingerprint density at radius 2 is 2.10 bits per heavy atom. The first-order valence-corrected chi connectivity index (χ1v) is 7.77. The summed E-state index contributed by atoms with van der Waals surface area (Å²) in [6.45, 7) is 3.97. The van der Waals surface area contributed by atoms with E-state index in [9.17, 15) is 9.18 Å². The molecule has 1 amide bonds. The van der Waals surface area contributed by atoms with Crippen molar-refractivity contribution in [1.82, 2.24) is 10.2 Å². The molecular formula is C16H22ClFN2O. The summed E-state index contributed by atoms with van der Waals surface area (Å²) >= 11 is 6.04. The van der Waals surface area contributed by atoms with Gasteiger partial charge in [-0.3, -0.25) is 4.79 Å². The number of hydrogen-bond donors (Lipinski definition) is 1. The molecule has 1 aromatic rings. The van der Waals surface area contributed by atoms with E-state index < -0.39 is 0 Å². The molecule has 1 fully saturated rings. The van der Waals surface area contributed by atoms with Crippen LogP contribution in [0, 0.1) is 11.2 Å². The van der Waals surface area contributed by atoms with Crippen LogP contribution in [-0.2, 0) is 11.3 Å². The second kappa shape index (κ2) is 6.75. The van der Waals surface area contributed by atoms with Gasteiger partial charge in [-0.1, -0.05) is 24.6 Å². The van der Waals surface area contributed by atoms with Crippen LogP contribution in [0.2, 0.25) is 5.02 Å². The number of carbonyl (C=O) groups is 1. The normalized spacial score (nSPS) is 17.5. The maximum atomic E-state index is 13.9. The third kappa shape index (κ3) is 3.38. The van der Waals surface area contributed by atoms with Crippen LogP contribution in [0.15, 0.2) is 18.2 Å². The number of carbonyl (C=O) groups excluding carboxylic acids is 1. The molecule has 3 nitrogen and oxygen atoms in total. The third-order valence-electron chi connectivity index (χ3n) is 4.49. The Bertz CT molecular complexity index is 495. The first-order chi connectivity index (χ1) is 10.00. The van der Waals surface area contributed by atoms with Crippen molar-refractivity contribution < 1.29 is 9.18 Å². The molecule has 0 atom stereocenters. The standard InChI is InChI=1S/C16H22ClFN2O/c1-3-16(7-9-19-10-8-16)15(21)20(2)11-12-13(17)5-4-6-14(12)18/h4-6,19H,3,7-11H2,1-2H3. The largest absolute Gasteiger partial charge is 0.341 e. The monoisotopic (exact) mass is 312 g/mol. The summed E-state index contributed by atoms with van der Waals surface area (Å²) in [5.74, 6) is -0.274. The summed E-state index contributed by atoms with van der Waals surface area (Å²) in [6, 6.07) is 4.60. The Morgan fingerprint density at radius 1 is 1.43 bits per heavy atom. The SMILES string of the molecule is CCC1(C(=O)N(C)Cc2c(F)cccc2Cl)CCNCC1. The molecule has 0 aliphatic carbocycles. The van der Waals surface area contributed by atoms with Gasteiger partial charge in [-0.05, 0) is 44.5 Å². The maximum Gasteiger partial charge on any atom is 0.228 e. The van der Waals surface area contributed by atoms with Gasteiger partial charge in [0.25, 0.3) is 0 Å². The van der Waals surface area contributed by atoms with Crippen LogP contribution >= 0.6 is 11.6 Å². The lowest BCUT2D eigenvalue weighted by atomic mass is 9.75. The van der Waals surface area contributed by atoms with Gasteiger partial charge in [0, 0.05) is 24.2 Å². The molecule has 21 heavy (non-hydrogen) atoms. The van der Waals surface area contributed by atoms with Crippen LogP contribution in [0.1, 0.15) is 31.7 Å². The zero-order valence-corrected chi connectivity index (χ0v) is 13.3. The predicted octanol–water partition coefficient (Wildman–Crippen LogP) is 3.22. The summed E-state index contributed by atoms with van der Waals surface area (Å²) < 4.78 is 13.9. The maximum absolute atomic E-state index is 13.9. The molecule has 1 N–H and O–H groups in total. The predicted molar refractivity (Wildman–Crippen MR) is 82.7 cm³/mol. The van der Waals surface area contributed by atoms with Crippen molar-refractivity contribution in [3.05, 3.63) is 34.6 Å². The van der Waals surface area contributed by atoms with Crippen LogP contribution < -0.4 is 5.32 Å². The smallest absolute Gasteiger partial charge is 0.228 e. The van der Waals surface area contributed by atoms with Crippen molar-refractivity contribution in [1.29, 1.82) is 0 Å². The molecule has 1 heterocycles. The average Bonchev–Trinajstić information content (AvgIpc) is 2.50. The van der Waals surface area contributed by atoms with E-state index in [0.717, 1.165) is 32.4 Å². The average molecular weight is 313 g/mol. The van der Waals surface area contributed by atoms with E-state index in [-0.39, 0.29) is 23.7 Å². The number of piperidine rings is 1. The Labute approximate surface area is 130 Å². The molecule has 1 saturated heterocycles. The van der Waals surface area contributed by atoms with Crippen LogP contribution in [0.4, 0.5) is 4.39 Å². The fourth-order valence-electron chi connectivity index (χ4n) is 3.02. The molecule has 0 aromatic heterocycles. The van der Waals surface area contributed by atoms with Gasteiger partial charge in [0.05, 0.1) is 5.41 Å². The topological polar surface area (TPSA) is 32.3 Å². The molecule has 1 aromatic carbocycles. The van der Waals surface area contributed by atoms with Crippen molar-refractivity contribution in [3.8, 4) is 0 Å². The molecule has 2 rings (SSSR count). The van der Waals surface area contributed by atoms with E-state index >= 15 is 0 Å². The fraction of sp³-hybridized carbons (Fsp3) is 0.562. The number of nitrogens with one attached hydrogen (secondary N) is 1. The number of amides is 1. The van der Waals surface area contributed by atoms with Gasteiger partial charge in [-0.25, -0.2) is 4.39 Å². The second-order valence-electron chi connectivity index (χ2n) is 5.75. The summed E-state index contributed by atoms with van der Waals surface area (Å²) in [5, 5.41) is 3.65. The molecule has 1 aliphatic heterocycles. The van der Waals surface area contributed by atoms with E-state index in [1.165, 1.54) is 6.07 Å². The fourth-order valence-corrected chi connectivity index (χ4v) is 3.24. The van der Waals surface area contributed by atoms with Gasteiger partial charge in [-0.2, -0.15) is 0 Å². The number of hydrogen-bond acceptors (Lipinski definition) is 2. The Hall–Kier alpha value is -1.13. The summed E-state index contributed by atoms with van der Waals surface area (Å²) in [4.78, 5) is 14.4. The van der Waals surface area contributed by atoms with Gasteiger partial charge < -0.3 is 10.2 Å². The minimum atomic E-state index is -0.363. The van der Waals surface area contributed by atoms with Crippen molar-refractivity contribution in [3.63, 3.8) is 0 Å². The molecule has 5 heteroatoms. The highest BCUT2D eigenvalue weighted by molar-refractivity contribution is 6.31. The van der Waals surface area contributed by atoms with Crippen molar-refractivity contribution in [2.75, 3.05) is 20.1 Å². The first kappa shape index (κ1) is 16.2. The molecule has 116 valence electrons. The molecule has 0 spiro atoms. The Kier molecular flexibility index (Phi) is 5.22. The molecule has 0 radical (unpaired) electrons. The van der Waals surface area contributed by atoms with E-state index in [2.05, 4.69) is 5.32 Å². The highest BCUT2D eigenvalue weighted by atomic mass is 35.5. The number of rotatable bonds is 4. The zero-order chi connectivity index (χ0) is 15.5. The van der Waals surface area contributed by atoms with E-state index in [1.807, 2.05) is 6.92 Å². The quantitative estimate of drug-likeness (QED) is 0.926. The lowest BCUT2D eigenvalue weighted by Crippen LogP contribution is -2.47. The molecule has 1 aliphatic rings. The van der Waals surface area contributed by atoms with Crippen molar-refractivity contribution in [2.45, 2.75) is 32.7 Å². The zero-order valence-electron chi connectivity index (χ0n) is 12.6. The highest BCUT2D eigenvalue weighted by Crippen LogP contribution is 2.35. The van der Waals surface area contributed by atoms with Crippen LogP contribution in [0.25, 0.3) is 0 Å². The third-order valence-corrected chi connectivity index (χ3v) is 4.85. The lowest BCUT2D eigenvalue weighted by molar-refractivity contribution is -0.143. The minimum Gasteiger partial charge on any atom is -0.341 e.